The summed E-state index contributed by atoms with van der Waals surface area (Å²) in [7, 11) is 0. The molecule has 0 bridgehead atoms. The van der Waals surface area contributed by atoms with Crippen molar-refractivity contribution in [2.24, 2.45) is 11.7 Å². The molecule has 0 rings (SSSR count). The predicted molar refractivity (Wildman–Crippen MR) is 46.7 cm³/mol. The summed E-state index contributed by atoms with van der Waals surface area (Å²) in [4.78, 5) is 21.0. The van der Waals surface area contributed by atoms with E-state index in [1.807, 2.05) is 6.92 Å². The zero-order valence-corrected chi connectivity index (χ0v) is 7.59. The van der Waals surface area contributed by atoms with Gasteiger partial charge in [0.2, 0.25) is 0 Å². The monoisotopic (exact) mass is 172 g/mol. The van der Waals surface area contributed by atoms with Gasteiger partial charge in [-0.25, -0.2) is 4.79 Å². The maximum atomic E-state index is 10.8. The molecule has 0 aliphatic rings. The van der Waals surface area contributed by atoms with Gasteiger partial charge >= 0.3 is 6.03 Å². The Kier molecular flexibility index (Phi) is 5.08. The summed E-state index contributed by atoms with van der Waals surface area (Å²) in [5.74, 6) is 0.272. The SMILES string of the molecule is CC(=O)[C@@H](C)CCCNC(N)=O. The summed E-state index contributed by atoms with van der Waals surface area (Å²) in [6.07, 6.45) is 1.60. The highest BCUT2D eigenvalue weighted by molar-refractivity contribution is 5.77. The number of carbonyl (C=O) groups is 2. The number of rotatable bonds is 5. The van der Waals surface area contributed by atoms with Gasteiger partial charge in [-0.15, -0.1) is 0 Å². The Morgan fingerprint density at radius 3 is 2.50 bits per heavy atom. The van der Waals surface area contributed by atoms with Crippen LogP contribution in [0.5, 0.6) is 0 Å². The molecule has 0 aromatic carbocycles. The van der Waals surface area contributed by atoms with Gasteiger partial charge in [-0.1, -0.05) is 6.92 Å². The minimum atomic E-state index is -0.509. The van der Waals surface area contributed by atoms with Crippen LogP contribution in [0.1, 0.15) is 26.7 Å². The third-order valence-corrected chi connectivity index (χ3v) is 1.81. The summed E-state index contributed by atoms with van der Waals surface area (Å²) in [6.45, 7) is 4.01. The lowest BCUT2D eigenvalue weighted by atomic mass is 10.0. The van der Waals surface area contributed by atoms with E-state index in [0.717, 1.165) is 12.8 Å². The molecular formula is C8H16N2O2. The highest BCUT2D eigenvalue weighted by atomic mass is 16.2. The molecule has 0 aliphatic heterocycles. The Labute approximate surface area is 72.5 Å². The summed E-state index contributed by atoms with van der Waals surface area (Å²) in [5.41, 5.74) is 4.85. The van der Waals surface area contributed by atoms with E-state index in [2.05, 4.69) is 5.32 Å². The number of ketones is 1. The van der Waals surface area contributed by atoms with Gasteiger partial charge in [-0.05, 0) is 19.8 Å². The number of hydrogen-bond donors (Lipinski definition) is 2. The van der Waals surface area contributed by atoms with Crippen LogP contribution in [0.15, 0.2) is 0 Å². The molecule has 0 aromatic rings. The minimum Gasteiger partial charge on any atom is -0.352 e. The molecule has 0 aromatic heterocycles. The second kappa shape index (κ2) is 5.57. The van der Waals surface area contributed by atoms with Gasteiger partial charge in [0.05, 0.1) is 0 Å². The van der Waals surface area contributed by atoms with Crippen molar-refractivity contribution in [3.8, 4) is 0 Å². The first kappa shape index (κ1) is 10.9. The number of hydrogen-bond acceptors (Lipinski definition) is 2. The highest BCUT2D eigenvalue weighted by Crippen LogP contribution is 2.04. The Bertz CT molecular complexity index is 168. The Balaban J connectivity index is 3.31. The van der Waals surface area contributed by atoms with Gasteiger partial charge in [0.15, 0.2) is 0 Å². The number of carbonyl (C=O) groups excluding carboxylic acids is 2. The summed E-state index contributed by atoms with van der Waals surface area (Å²) < 4.78 is 0. The number of primary amides is 1. The van der Waals surface area contributed by atoms with Crippen LogP contribution < -0.4 is 11.1 Å². The average Bonchev–Trinajstić information content (AvgIpc) is 1.97. The van der Waals surface area contributed by atoms with E-state index < -0.39 is 6.03 Å². The molecule has 0 aliphatic carbocycles. The largest absolute Gasteiger partial charge is 0.352 e. The second-order valence-electron chi connectivity index (χ2n) is 2.94. The van der Waals surface area contributed by atoms with Gasteiger partial charge in [-0.3, -0.25) is 4.79 Å². The van der Waals surface area contributed by atoms with E-state index in [4.69, 9.17) is 5.73 Å². The van der Waals surface area contributed by atoms with Crippen LogP contribution in [-0.2, 0) is 4.79 Å². The third-order valence-electron chi connectivity index (χ3n) is 1.81. The van der Waals surface area contributed by atoms with Crippen molar-refractivity contribution < 1.29 is 9.59 Å². The van der Waals surface area contributed by atoms with Crippen LogP contribution in [0.25, 0.3) is 0 Å². The van der Waals surface area contributed by atoms with Gasteiger partial charge in [-0.2, -0.15) is 0 Å². The average molecular weight is 172 g/mol. The van der Waals surface area contributed by atoms with Gasteiger partial charge in [0, 0.05) is 12.5 Å². The van der Waals surface area contributed by atoms with Gasteiger partial charge < -0.3 is 11.1 Å². The number of Topliss-reactive ketones (excluding diaryl/α,β-unsaturated/α-hetero) is 1. The van der Waals surface area contributed by atoms with Crippen molar-refractivity contribution in [1.82, 2.24) is 5.32 Å². The number of nitrogens with two attached hydrogens (primary N) is 1. The first-order valence-corrected chi connectivity index (χ1v) is 4.07. The molecule has 12 heavy (non-hydrogen) atoms. The van der Waals surface area contributed by atoms with E-state index in [0.29, 0.717) is 6.54 Å². The maximum Gasteiger partial charge on any atom is 0.312 e. The lowest BCUT2D eigenvalue weighted by Gasteiger charge is -2.06. The Hall–Kier alpha value is -1.06. The first-order chi connectivity index (χ1) is 5.54. The molecule has 3 N–H and O–H groups in total. The molecule has 1 atom stereocenters. The maximum absolute atomic E-state index is 10.8. The molecule has 0 radical (unpaired) electrons. The van der Waals surface area contributed by atoms with Gasteiger partial charge in [0.25, 0.3) is 0 Å². The zero-order chi connectivity index (χ0) is 9.56. The Morgan fingerprint density at radius 1 is 1.50 bits per heavy atom. The van der Waals surface area contributed by atoms with E-state index in [1.54, 1.807) is 6.92 Å². The summed E-state index contributed by atoms with van der Waals surface area (Å²) >= 11 is 0. The fourth-order valence-corrected chi connectivity index (χ4v) is 0.823. The fourth-order valence-electron chi connectivity index (χ4n) is 0.823. The number of nitrogens with one attached hydrogen (secondary N) is 1. The van der Waals surface area contributed by atoms with Crippen LogP contribution in [0.2, 0.25) is 0 Å². The molecule has 0 saturated carbocycles. The lowest BCUT2D eigenvalue weighted by Crippen LogP contribution is -2.30. The fraction of sp³-hybridized carbons (Fsp3) is 0.750. The molecule has 0 heterocycles. The molecule has 4 heteroatoms. The standard InChI is InChI=1S/C8H16N2O2/c1-6(7(2)11)4-3-5-10-8(9)12/h6H,3-5H2,1-2H3,(H3,9,10,12)/t6-/m0/s1. The quantitative estimate of drug-likeness (QED) is 0.598. The van der Waals surface area contributed by atoms with Crippen molar-refractivity contribution in [2.75, 3.05) is 6.54 Å². The third kappa shape index (κ3) is 5.70. The molecule has 2 amide bonds. The lowest BCUT2D eigenvalue weighted by molar-refractivity contribution is -0.120. The first-order valence-electron chi connectivity index (χ1n) is 4.07. The van der Waals surface area contributed by atoms with Crippen molar-refractivity contribution >= 4 is 11.8 Å². The van der Waals surface area contributed by atoms with E-state index in [-0.39, 0.29) is 11.7 Å². The van der Waals surface area contributed by atoms with Crippen molar-refractivity contribution in [3.63, 3.8) is 0 Å². The molecular weight excluding hydrogens is 156 g/mol. The topological polar surface area (TPSA) is 72.2 Å². The molecule has 4 nitrogen and oxygen atoms in total. The number of urea groups is 1. The molecule has 70 valence electrons. The van der Waals surface area contributed by atoms with E-state index >= 15 is 0 Å². The zero-order valence-electron chi connectivity index (χ0n) is 7.59. The smallest absolute Gasteiger partial charge is 0.312 e. The number of amides is 2. The summed E-state index contributed by atoms with van der Waals surface area (Å²) in [5, 5.41) is 2.47. The highest BCUT2D eigenvalue weighted by Gasteiger charge is 2.06. The predicted octanol–water partition coefficient (Wildman–Crippen LogP) is 0.660. The van der Waals surface area contributed by atoms with Crippen LogP contribution in [-0.4, -0.2) is 18.4 Å². The minimum absolute atomic E-state index is 0.0830. The second-order valence-corrected chi connectivity index (χ2v) is 2.94. The van der Waals surface area contributed by atoms with Crippen LogP contribution in [0, 0.1) is 5.92 Å². The van der Waals surface area contributed by atoms with Crippen molar-refractivity contribution in [2.45, 2.75) is 26.7 Å². The normalized spacial score (nSPS) is 12.2. The Morgan fingerprint density at radius 2 is 2.08 bits per heavy atom. The van der Waals surface area contributed by atoms with Crippen molar-refractivity contribution in [3.05, 3.63) is 0 Å². The molecule has 0 unspecified atom stereocenters. The summed E-state index contributed by atoms with van der Waals surface area (Å²) in [6, 6.07) is -0.509. The molecule has 0 saturated heterocycles. The molecule has 0 fully saturated rings. The van der Waals surface area contributed by atoms with Crippen molar-refractivity contribution in [1.29, 1.82) is 0 Å². The van der Waals surface area contributed by atoms with Gasteiger partial charge in [0.1, 0.15) is 5.78 Å². The van der Waals surface area contributed by atoms with Crippen LogP contribution in [0.4, 0.5) is 4.79 Å². The van der Waals surface area contributed by atoms with Crippen LogP contribution in [0.3, 0.4) is 0 Å². The van der Waals surface area contributed by atoms with E-state index in [9.17, 15) is 9.59 Å². The van der Waals surface area contributed by atoms with Crippen LogP contribution >= 0.6 is 0 Å². The van der Waals surface area contributed by atoms with E-state index in [1.165, 1.54) is 0 Å². The molecule has 0 spiro atoms.